The highest BCUT2D eigenvalue weighted by Gasteiger charge is 2.30. The van der Waals surface area contributed by atoms with Crippen molar-refractivity contribution in [3.8, 4) is 0 Å². The van der Waals surface area contributed by atoms with E-state index in [9.17, 15) is 18.0 Å². The smallest absolute Gasteiger partial charge is 0.397 e. The van der Waals surface area contributed by atoms with Crippen molar-refractivity contribution >= 4 is 17.8 Å². The van der Waals surface area contributed by atoms with Crippen LogP contribution in [0.2, 0.25) is 0 Å². The van der Waals surface area contributed by atoms with Crippen LogP contribution in [0.15, 0.2) is 18.2 Å². The number of hydrazine groups is 1. The molecule has 0 fully saturated rings. The molecule has 0 bridgehead atoms. The van der Waals surface area contributed by atoms with E-state index in [4.69, 9.17) is 11.6 Å². The lowest BCUT2D eigenvalue weighted by Gasteiger charge is -2.14. The van der Waals surface area contributed by atoms with Crippen LogP contribution < -0.4 is 16.6 Å². The Hall–Kier alpha value is -1.76. The van der Waals surface area contributed by atoms with Crippen LogP contribution in [-0.2, 0) is 11.0 Å². The number of carbonyl (C=O) groups excluding carboxylic acids is 1. The second-order valence-electron chi connectivity index (χ2n) is 2.78. The molecule has 0 heterocycles. The lowest BCUT2D eigenvalue weighted by molar-refractivity contribution is -0.137. The number of benzene rings is 1. The van der Waals surface area contributed by atoms with Gasteiger partial charge in [-0.3, -0.25) is 4.79 Å². The van der Waals surface area contributed by atoms with Gasteiger partial charge in [-0.1, -0.05) is 0 Å². The summed E-state index contributed by atoms with van der Waals surface area (Å²) in [5, 5.41) is 0.607. The molecule has 0 radical (unpaired) electrons. The fourth-order valence-corrected chi connectivity index (χ4v) is 1.02. The Morgan fingerprint density at radius 2 is 1.93 bits per heavy atom. The number of alkyl halides is 3. The van der Waals surface area contributed by atoms with Gasteiger partial charge >= 0.3 is 6.18 Å². The second kappa shape index (κ2) is 3.77. The summed E-state index contributed by atoms with van der Waals surface area (Å²) in [6.07, 6.45) is -4.22. The molecular formula is C8H8F3N3O. The van der Waals surface area contributed by atoms with Crippen LogP contribution in [-0.4, -0.2) is 6.41 Å². The molecule has 7 heteroatoms. The van der Waals surface area contributed by atoms with Crippen molar-refractivity contribution in [3.63, 3.8) is 0 Å². The molecule has 1 amide bonds. The molecule has 4 nitrogen and oxygen atoms in total. The molecule has 0 atom stereocenters. The van der Waals surface area contributed by atoms with E-state index in [1.54, 1.807) is 0 Å². The molecule has 0 spiro atoms. The van der Waals surface area contributed by atoms with E-state index >= 15 is 0 Å². The Labute approximate surface area is 83.2 Å². The van der Waals surface area contributed by atoms with E-state index in [1.807, 2.05) is 0 Å². The molecule has 1 rings (SSSR count). The van der Waals surface area contributed by atoms with Crippen molar-refractivity contribution in [2.45, 2.75) is 6.18 Å². The number of nitrogens with zero attached hydrogens (tertiary/aromatic N) is 1. The summed E-state index contributed by atoms with van der Waals surface area (Å²) >= 11 is 0. The summed E-state index contributed by atoms with van der Waals surface area (Å²) in [5.74, 6) is 5.16. The van der Waals surface area contributed by atoms with Gasteiger partial charge in [-0.15, -0.1) is 0 Å². The molecule has 0 aromatic heterocycles. The third-order valence-electron chi connectivity index (χ3n) is 1.75. The van der Waals surface area contributed by atoms with Gasteiger partial charge in [0, 0.05) is 0 Å². The zero-order valence-corrected chi connectivity index (χ0v) is 7.45. The molecule has 0 unspecified atom stereocenters. The first-order valence-corrected chi connectivity index (χ1v) is 3.82. The Morgan fingerprint density at radius 1 is 1.33 bits per heavy atom. The number of amides is 1. The van der Waals surface area contributed by atoms with Gasteiger partial charge in [0.2, 0.25) is 6.41 Å². The number of nitrogens with two attached hydrogens (primary N) is 2. The van der Waals surface area contributed by atoms with Gasteiger partial charge < -0.3 is 5.73 Å². The van der Waals surface area contributed by atoms with Gasteiger partial charge in [-0.25, -0.2) is 10.9 Å². The van der Waals surface area contributed by atoms with Crippen LogP contribution in [0.5, 0.6) is 0 Å². The van der Waals surface area contributed by atoms with Crippen molar-refractivity contribution in [1.29, 1.82) is 0 Å². The fraction of sp³-hybridized carbons (Fsp3) is 0.125. The maximum Gasteiger partial charge on any atom is 0.416 e. The van der Waals surface area contributed by atoms with E-state index in [2.05, 4.69) is 0 Å². The summed E-state index contributed by atoms with van der Waals surface area (Å²) in [6.45, 7) is 0. The monoisotopic (exact) mass is 219 g/mol. The predicted molar refractivity (Wildman–Crippen MR) is 48.6 cm³/mol. The average Bonchev–Trinajstić information content (AvgIpc) is 2.15. The zero-order chi connectivity index (χ0) is 11.6. The first-order chi connectivity index (χ1) is 6.86. The highest BCUT2D eigenvalue weighted by Crippen LogP contribution is 2.33. The molecule has 0 aliphatic carbocycles. The lowest BCUT2D eigenvalue weighted by atomic mass is 10.1. The predicted octanol–water partition coefficient (Wildman–Crippen LogP) is 1.12. The summed E-state index contributed by atoms with van der Waals surface area (Å²) in [5.41, 5.74) is 4.24. The normalized spacial score (nSPS) is 11.2. The number of carbonyl (C=O) groups is 1. The van der Waals surface area contributed by atoms with Crippen LogP contribution in [0.3, 0.4) is 0 Å². The topological polar surface area (TPSA) is 72.3 Å². The molecule has 0 aliphatic rings. The number of anilines is 2. The second-order valence-corrected chi connectivity index (χ2v) is 2.78. The SMILES string of the molecule is Nc1cc(C(F)(F)F)ccc1N(N)C=O. The first kappa shape index (κ1) is 11.3. The standard InChI is InChI=1S/C8H8F3N3O/c9-8(10,11)5-1-2-7(6(12)3-5)14(13)4-15/h1-4H,12-13H2. The van der Waals surface area contributed by atoms with Gasteiger partial charge in [0.1, 0.15) is 0 Å². The minimum absolute atomic E-state index is 0.0259. The quantitative estimate of drug-likeness (QED) is 0.257. The van der Waals surface area contributed by atoms with Gasteiger partial charge in [0.15, 0.2) is 0 Å². The van der Waals surface area contributed by atoms with E-state index < -0.39 is 11.7 Å². The molecule has 0 aliphatic heterocycles. The Bertz CT molecular complexity index is 378. The minimum atomic E-state index is -4.47. The van der Waals surface area contributed by atoms with Crippen molar-refractivity contribution in [2.24, 2.45) is 5.84 Å². The largest absolute Gasteiger partial charge is 0.416 e. The van der Waals surface area contributed by atoms with Gasteiger partial charge in [-0.05, 0) is 18.2 Å². The molecule has 1 aromatic carbocycles. The number of rotatable bonds is 2. The Kier molecular flexibility index (Phi) is 2.85. The fourth-order valence-electron chi connectivity index (χ4n) is 1.02. The lowest BCUT2D eigenvalue weighted by Crippen LogP contribution is -2.29. The molecule has 1 aromatic rings. The third-order valence-corrected chi connectivity index (χ3v) is 1.75. The minimum Gasteiger partial charge on any atom is -0.397 e. The number of hydrogen-bond acceptors (Lipinski definition) is 3. The van der Waals surface area contributed by atoms with Crippen molar-refractivity contribution in [3.05, 3.63) is 23.8 Å². The maximum absolute atomic E-state index is 12.2. The van der Waals surface area contributed by atoms with Crippen molar-refractivity contribution < 1.29 is 18.0 Å². The number of hydrogen-bond donors (Lipinski definition) is 2. The summed E-state index contributed by atoms with van der Waals surface area (Å²) in [6, 6.07) is 2.56. The van der Waals surface area contributed by atoms with Crippen molar-refractivity contribution in [1.82, 2.24) is 0 Å². The summed E-state index contributed by atoms with van der Waals surface area (Å²) in [4.78, 5) is 10.3. The highest BCUT2D eigenvalue weighted by molar-refractivity contribution is 5.81. The first-order valence-electron chi connectivity index (χ1n) is 3.82. The van der Waals surface area contributed by atoms with Crippen LogP contribution in [0.25, 0.3) is 0 Å². The molecule has 0 saturated heterocycles. The molecular weight excluding hydrogens is 211 g/mol. The molecule has 82 valence electrons. The van der Waals surface area contributed by atoms with Crippen LogP contribution in [0.4, 0.5) is 24.5 Å². The summed E-state index contributed by atoms with van der Waals surface area (Å²) in [7, 11) is 0. The number of nitrogen functional groups attached to an aromatic ring is 1. The van der Waals surface area contributed by atoms with E-state index in [0.717, 1.165) is 18.2 Å². The van der Waals surface area contributed by atoms with E-state index in [-0.39, 0.29) is 17.8 Å². The zero-order valence-electron chi connectivity index (χ0n) is 7.45. The molecule has 4 N–H and O–H groups in total. The summed E-state index contributed by atoms with van der Waals surface area (Å²) < 4.78 is 36.6. The van der Waals surface area contributed by atoms with E-state index in [0.29, 0.717) is 5.01 Å². The molecule has 15 heavy (non-hydrogen) atoms. The maximum atomic E-state index is 12.2. The average molecular weight is 219 g/mol. The molecule has 0 saturated carbocycles. The number of halogens is 3. The van der Waals surface area contributed by atoms with E-state index in [1.165, 1.54) is 0 Å². The third kappa shape index (κ3) is 2.38. The van der Waals surface area contributed by atoms with Crippen LogP contribution >= 0.6 is 0 Å². The van der Waals surface area contributed by atoms with Crippen LogP contribution in [0.1, 0.15) is 5.56 Å². The van der Waals surface area contributed by atoms with Crippen LogP contribution in [0, 0.1) is 0 Å². The highest BCUT2D eigenvalue weighted by atomic mass is 19.4. The van der Waals surface area contributed by atoms with Gasteiger partial charge in [0.25, 0.3) is 0 Å². The Balaban J connectivity index is 3.14. The van der Waals surface area contributed by atoms with Gasteiger partial charge in [0.05, 0.1) is 16.9 Å². The Morgan fingerprint density at radius 3 is 2.33 bits per heavy atom. The van der Waals surface area contributed by atoms with Gasteiger partial charge in [-0.2, -0.15) is 13.2 Å². The van der Waals surface area contributed by atoms with Crippen molar-refractivity contribution in [2.75, 3.05) is 10.7 Å².